The minimum absolute atomic E-state index is 0.191. The van der Waals surface area contributed by atoms with E-state index < -0.39 is 0 Å². The number of rotatable bonds is 6. The van der Waals surface area contributed by atoms with Gasteiger partial charge in [-0.1, -0.05) is 30.1 Å². The number of hydrogen-bond donors (Lipinski definition) is 0. The quantitative estimate of drug-likeness (QED) is 0.590. The van der Waals surface area contributed by atoms with Crippen LogP contribution in [0, 0.1) is 0 Å². The fourth-order valence-electron chi connectivity index (χ4n) is 1.16. The molecule has 0 saturated carbocycles. The van der Waals surface area contributed by atoms with E-state index in [1.165, 1.54) is 0 Å². The van der Waals surface area contributed by atoms with Crippen molar-refractivity contribution in [1.82, 2.24) is 0 Å². The molecule has 0 N–H and O–H groups in total. The van der Waals surface area contributed by atoms with Crippen molar-refractivity contribution in [3.8, 4) is 11.5 Å². The summed E-state index contributed by atoms with van der Waals surface area (Å²) in [4.78, 5) is 0. The Morgan fingerprint density at radius 3 is 2.33 bits per heavy atom. The first kappa shape index (κ1) is 16.2. The zero-order valence-electron chi connectivity index (χ0n) is 9.68. The summed E-state index contributed by atoms with van der Waals surface area (Å²) in [6.45, 7) is 3.04. The molecule has 0 bridgehead atoms. The van der Waals surface area contributed by atoms with Crippen molar-refractivity contribution in [2.45, 2.75) is 13.3 Å². The molecule has 100 valence electrons. The van der Waals surface area contributed by atoms with Gasteiger partial charge in [-0.05, 0) is 56.5 Å². The Labute approximate surface area is 134 Å². The lowest BCUT2D eigenvalue weighted by molar-refractivity contribution is 0.311. The molecule has 2 nitrogen and oxygen atoms in total. The molecule has 0 heterocycles. The van der Waals surface area contributed by atoms with E-state index in [4.69, 9.17) is 32.7 Å². The number of ether oxygens (including phenoxy) is 2. The molecule has 0 aliphatic carbocycles. The fraction of sp³-hybridized carbons (Fsp3) is 0.333. The molecule has 0 spiro atoms. The Morgan fingerprint density at radius 1 is 1.22 bits per heavy atom. The van der Waals surface area contributed by atoms with Crippen molar-refractivity contribution in [3.63, 3.8) is 0 Å². The van der Waals surface area contributed by atoms with Gasteiger partial charge in [0, 0.05) is 0 Å². The minimum atomic E-state index is 0.191. The molecule has 18 heavy (non-hydrogen) atoms. The number of benzene rings is 1. The number of hydrogen-bond acceptors (Lipinski definition) is 2. The monoisotopic (exact) mass is 416 g/mol. The van der Waals surface area contributed by atoms with E-state index in [0.717, 1.165) is 21.1 Å². The Kier molecular flexibility index (Phi) is 7.46. The van der Waals surface area contributed by atoms with E-state index in [-0.39, 0.29) is 4.49 Å². The molecular weight excluding hydrogens is 407 g/mol. The van der Waals surface area contributed by atoms with Gasteiger partial charge in [0.2, 0.25) is 0 Å². The molecule has 0 unspecified atom stereocenters. The van der Waals surface area contributed by atoms with E-state index in [9.17, 15) is 0 Å². The third-order valence-corrected chi connectivity index (χ3v) is 3.40. The van der Waals surface area contributed by atoms with E-state index in [2.05, 4.69) is 38.8 Å². The van der Waals surface area contributed by atoms with E-state index in [1.54, 1.807) is 6.08 Å². The first-order chi connectivity index (χ1) is 8.54. The van der Waals surface area contributed by atoms with E-state index >= 15 is 0 Å². The Morgan fingerprint density at radius 2 is 1.83 bits per heavy atom. The van der Waals surface area contributed by atoms with Crippen LogP contribution < -0.4 is 9.47 Å². The van der Waals surface area contributed by atoms with Gasteiger partial charge < -0.3 is 9.47 Å². The summed E-state index contributed by atoms with van der Waals surface area (Å²) in [5.41, 5.74) is 0. The highest BCUT2D eigenvalue weighted by molar-refractivity contribution is 9.11. The molecule has 0 aromatic heterocycles. The lowest BCUT2D eigenvalue weighted by Gasteiger charge is -2.11. The van der Waals surface area contributed by atoms with Crippen LogP contribution in [0.3, 0.4) is 0 Å². The van der Waals surface area contributed by atoms with Gasteiger partial charge in [0.05, 0.1) is 15.6 Å². The van der Waals surface area contributed by atoms with Gasteiger partial charge in [-0.2, -0.15) is 0 Å². The highest BCUT2D eigenvalue weighted by Crippen LogP contribution is 2.37. The molecule has 1 aromatic carbocycles. The van der Waals surface area contributed by atoms with Crippen molar-refractivity contribution >= 4 is 55.1 Å². The van der Waals surface area contributed by atoms with Gasteiger partial charge in [0.25, 0.3) is 0 Å². The minimum Gasteiger partial charge on any atom is -0.491 e. The Hall–Kier alpha value is 0.1000. The molecule has 0 amide bonds. The molecule has 0 saturated heterocycles. The summed E-state index contributed by atoms with van der Waals surface area (Å²) in [5, 5.41) is 0. The maximum Gasteiger partial charge on any atom is 0.147 e. The molecule has 0 radical (unpaired) electrons. The first-order valence-electron chi connectivity index (χ1n) is 5.30. The van der Waals surface area contributed by atoms with Crippen molar-refractivity contribution in [1.29, 1.82) is 0 Å². The Bertz CT molecular complexity index is 409. The summed E-state index contributed by atoms with van der Waals surface area (Å²) in [5.74, 6) is 1.47. The van der Waals surface area contributed by atoms with Crippen LogP contribution in [0.5, 0.6) is 11.5 Å². The molecule has 0 aliphatic heterocycles. The normalized spacial score (nSPS) is 10.1. The lowest BCUT2D eigenvalue weighted by atomic mass is 10.3. The molecular formula is C12H12Br2Cl2O2. The van der Waals surface area contributed by atoms with Gasteiger partial charge in [-0.25, -0.2) is 0 Å². The zero-order chi connectivity index (χ0) is 13.5. The van der Waals surface area contributed by atoms with Crippen LogP contribution in [-0.4, -0.2) is 13.2 Å². The maximum absolute atomic E-state index is 5.61. The maximum atomic E-state index is 5.61. The van der Waals surface area contributed by atoms with E-state index in [0.29, 0.717) is 19.0 Å². The molecule has 0 aliphatic rings. The third kappa shape index (κ3) is 5.39. The van der Waals surface area contributed by atoms with Crippen LogP contribution in [0.4, 0.5) is 0 Å². The van der Waals surface area contributed by atoms with Crippen LogP contribution in [0.15, 0.2) is 31.6 Å². The summed E-state index contributed by atoms with van der Waals surface area (Å²) in [6, 6.07) is 3.68. The second-order valence-electron chi connectivity index (χ2n) is 3.37. The van der Waals surface area contributed by atoms with Crippen LogP contribution in [0.25, 0.3) is 0 Å². The van der Waals surface area contributed by atoms with Gasteiger partial charge in [0.15, 0.2) is 0 Å². The van der Waals surface area contributed by atoms with Gasteiger partial charge in [-0.3, -0.25) is 0 Å². The van der Waals surface area contributed by atoms with Gasteiger partial charge >= 0.3 is 0 Å². The van der Waals surface area contributed by atoms with E-state index in [1.807, 2.05) is 12.1 Å². The van der Waals surface area contributed by atoms with Crippen molar-refractivity contribution in [3.05, 3.63) is 31.6 Å². The summed E-state index contributed by atoms with van der Waals surface area (Å²) in [7, 11) is 0. The summed E-state index contributed by atoms with van der Waals surface area (Å²) in [6.07, 6.45) is 2.53. The SMILES string of the molecule is CCCOc1c(Br)cc(OCC=C(Cl)Cl)cc1Br. The average molecular weight is 419 g/mol. The lowest BCUT2D eigenvalue weighted by Crippen LogP contribution is -1.98. The summed E-state index contributed by atoms with van der Waals surface area (Å²) < 4.78 is 12.9. The van der Waals surface area contributed by atoms with Crippen LogP contribution in [0.2, 0.25) is 0 Å². The van der Waals surface area contributed by atoms with Crippen LogP contribution >= 0.6 is 55.1 Å². The molecule has 1 aromatic rings. The molecule has 0 fully saturated rings. The topological polar surface area (TPSA) is 18.5 Å². The van der Waals surface area contributed by atoms with Gasteiger partial charge in [-0.15, -0.1) is 0 Å². The van der Waals surface area contributed by atoms with Crippen LogP contribution in [-0.2, 0) is 0 Å². The second-order valence-corrected chi connectivity index (χ2v) is 6.09. The summed E-state index contributed by atoms with van der Waals surface area (Å²) >= 11 is 17.9. The molecule has 0 atom stereocenters. The zero-order valence-corrected chi connectivity index (χ0v) is 14.4. The van der Waals surface area contributed by atoms with Crippen LogP contribution in [0.1, 0.15) is 13.3 Å². The fourth-order valence-corrected chi connectivity index (χ4v) is 2.66. The van der Waals surface area contributed by atoms with Crippen molar-refractivity contribution < 1.29 is 9.47 Å². The highest BCUT2D eigenvalue weighted by atomic mass is 79.9. The van der Waals surface area contributed by atoms with Gasteiger partial charge in [0.1, 0.15) is 22.6 Å². The predicted molar refractivity (Wildman–Crippen MR) is 82.9 cm³/mol. The first-order valence-corrected chi connectivity index (χ1v) is 7.64. The predicted octanol–water partition coefficient (Wildman–Crippen LogP) is 5.70. The molecule has 6 heteroatoms. The third-order valence-electron chi connectivity index (χ3n) is 1.91. The smallest absolute Gasteiger partial charge is 0.147 e. The largest absolute Gasteiger partial charge is 0.491 e. The standard InChI is InChI=1S/C12H12Br2Cl2O2/c1-2-4-18-12-9(13)6-8(7-10(12)14)17-5-3-11(15)16/h3,6-7H,2,4-5H2,1H3. The van der Waals surface area contributed by atoms with Crippen molar-refractivity contribution in [2.75, 3.05) is 13.2 Å². The molecule has 1 rings (SSSR count). The second kappa shape index (κ2) is 8.31. The Balaban J connectivity index is 2.76. The number of halogens is 4. The van der Waals surface area contributed by atoms with Crippen molar-refractivity contribution in [2.24, 2.45) is 0 Å². The average Bonchev–Trinajstić information content (AvgIpc) is 2.27. The highest BCUT2D eigenvalue weighted by Gasteiger charge is 2.09.